The minimum absolute atomic E-state index is 0.0131. The summed E-state index contributed by atoms with van der Waals surface area (Å²) in [4.78, 5) is 47.9. The number of allylic oxidation sites excluding steroid dienone is 1. The van der Waals surface area contributed by atoms with Gasteiger partial charge >= 0.3 is 0 Å². The summed E-state index contributed by atoms with van der Waals surface area (Å²) < 4.78 is 27.3. The summed E-state index contributed by atoms with van der Waals surface area (Å²) in [5, 5.41) is 16.7. The number of aliphatic hydroxyl groups is 1. The fraction of sp³-hybridized carbons (Fsp3) is 0.533. The maximum Gasteiger partial charge on any atom is 0.259 e. The zero-order chi connectivity index (χ0) is 30.2. The third-order valence-electron chi connectivity index (χ3n) is 8.72. The molecule has 2 aliphatic carbocycles. The molecule has 4 aliphatic rings. The Kier molecular flexibility index (Phi) is 8.31. The highest BCUT2D eigenvalue weighted by Gasteiger charge is 2.62. The molecule has 0 spiro atoms. The van der Waals surface area contributed by atoms with Crippen molar-refractivity contribution in [2.45, 2.75) is 86.8 Å². The average Bonchev–Trinajstić information content (AvgIpc) is 3.87. The number of sulfonamides is 1. The molecule has 1 aromatic heterocycles. The van der Waals surface area contributed by atoms with E-state index in [0.29, 0.717) is 24.4 Å². The molecule has 0 bridgehead atoms. The van der Waals surface area contributed by atoms with E-state index in [1.54, 1.807) is 6.20 Å². The maximum absolute atomic E-state index is 14.0. The first kappa shape index (κ1) is 29.8. The van der Waals surface area contributed by atoms with Gasteiger partial charge in [-0.2, -0.15) is 0 Å². The Labute approximate surface area is 255 Å². The van der Waals surface area contributed by atoms with Gasteiger partial charge < -0.3 is 20.6 Å². The number of aromatic nitrogens is 1. The molecule has 13 heteroatoms. The van der Waals surface area contributed by atoms with Gasteiger partial charge in [-0.05, 0) is 44.1 Å². The number of hydrogen-bond donors (Lipinski definition) is 4. The van der Waals surface area contributed by atoms with Crippen molar-refractivity contribution in [3.05, 3.63) is 48.7 Å². The standard InChI is InChI=1S/C30H37N5O6S2/c36-21-15-24-26(37)33-30(28(39)34-43(40,41)22-13-14-22)16-20(30)11-7-2-1-3-8-12-23(27(38)35(24)18-21)32-29-31-17-25(42-29)19-9-5-4-6-10-19/h4-7,9-11,17,20-24,36H,1-3,8,12-16,18H2,(H,31,32)(H,33,37)(H,34,39)/t20-,21-,23+,24+,30-/m1/s1. The third-order valence-corrected chi connectivity index (χ3v) is 11.5. The summed E-state index contributed by atoms with van der Waals surface area (Å²) in [5.41, 5.74) is -0.389. The monoisotopic (exact) mass is 627 g/mol. The van der Waals surface area contributed by atoms with Crippen molar-refractivity contribution in [3.63, 3.8) is 0 Å². The fourth-order valence-electron chi connectivity index (χ4n) is 6.00. The van der Waals surface area contributed by atoms with E-state index in [-0.39, 0.29) is 31.2 Å². The molecule has 230 valence electrons. The number of nitrogens with one attached hydrogen (secondary N) is 3. The quantitative estimate of drug-likeness (QED) is 0.356. The fourth-order valence-corrected chi connectivity index (χ4v) is 8.24. The average molecular weight is 628 g/mol. The zero-order valence-corrected chi connectivity index (χ0v) is 25.4. The number of thiazole rings is 1. The van der Waals surface area contributed by atoms with Crippen LogP contribution in [0.25, 0.3) is 10.4 Å². The Morgan fingerprint density at radius 1 is 1.12 bits per heavy atom. The lowest BCUT2D eigenvalue weighted by molar-refractivity contribution is -0.140. The highest BCUT2D eigenvalue weighted by Crippen LogP contribution is 2.46. The molecule has 2 saturated carbocycles. The predicted molar refractivity (Wildman–Crippen MR) is 162 cm³/mol. The first-order chi connectivity index (χ1) is 20.7. The summed E-state index contributed by atoms with van der Waals surface area (Å²) >= 11 is 1.44. The third kappa shape index (κ3) is 6.48. The van der Waals surface area contributed by atoms with Crippen molar-refractivity contribution in [1.82, 2.24) is 19.9 Å². The topological polar surface area (TPSA) is 158 Å². The maximum atomic E-state index is 14.0. The number of carbonyl (C=O) groups excluding carboxylic acids is 3. The highest BCUT2D eigenvalue weighted by molar-refractivity contribution is 7.91. The zero-order valence-electron chi connectivity index (χ0n) is 23.8. The lowest BCUT2D eigenvalue weighted by Gasteiger charge is -2.30. The summed E-state index contributed by atoms with van der Waals surface area (Å²) in [5.74, 6) is -2.00. The molecule has 43 heavy (non-hydrogen) atoms. The number of nitrogens with zero attached hydrogens (tertiary/aromatic N) is 2. The van der Waals surface area contributed by atoms with E-state index in [2.05, 4.69) is 20.3 Å². The van der Waals surface area contributed by atoms with E-state index in [0.717, 1.165) is 36.1 Å². The van der Waals surface area contributed by atoms with Crippen LogP contribution in [0.2, 0.25) is 0 Å². The van der Waals surface area contributed by atoms with Crippen LogP contribution in [0.5, 0.6) is 0 Å². The number of aliphatic hydroxyl groups excluding tert-OH is 1. The van der Waals surface area contributed by atoms with Crippen LogP contribution in [0.15, 0.2) is 48.7 Å². The molecule has 1 saturated heterocycles. The van der Waals surface area contributed by atoms with Crippen molar-refractivity contribution in [2.24, 2.45) is 5.92 Å². The van der Waals surface area contributed by atoms with E-state index in [1.165, 1.54) is 16.2 Å². The van der Waals surface area contributed by atoms with Crippen LogP contribution in [-0.4, -0.2) is 76.7 Å². The van der Waals surface area contributed by atoms with E-state index < -0.39 is 50.8 Å². The lowest BCUT2D eigenvalue weighted by Crippen LogP contribution is -2.57. The first-order valence-electron chi connectivity index (χ1n) is 15.0. The second-order valence-electron chi connectivity index (χ2n) is 12.0. The first-order valence-corrected chi connectivity index (χ1v) is 17.3. The Hall–Kier alpha value is -3.29. The molecule has 3 fully saturated rings. The molecule has 1 aromatic carbocycles. The van der Waals surface area contributed by atoms with Crippen LogP contribution in [0.3, 0.4) is 0 Å². The van der Waals surface area contributed by atoms with Crippen LogP contribution in [-0.2, 0) is 24.4 Å². The number of anilines is 1. The van der Waals surface area contributed by atoms with Crippen molar-refractivity contribution in [1.29, 1.82) is 0 Å². The van der Waals surface area contributed by atoms with Crippen LogP contribution in [0.1, 0.15) is 57.8 Å². The van der Waals surface area contributed by atoms with Crippen molar-refractivity contribution in [2.75, 3.05) is 11.9 Å². The molecular weight excluding hydrogens is 590 g/mol. The van der Waals surface area contributed by atoms with Crippen LogP contribution >= 0.6 is 11.3 Å². The predicted octanol–water partition coefficient (Wildman–Crippen LogP) is 2.56. The van der Waals surface area contributed by atoms with Gasteiger partial charge in [-0.15, -0.1) is 0 Å². The number of carbonyl (C=O) groups is 3. The smallest absolute Gasteiger partial charge is 0.259 e. The van der Waals surface area contributed by atoms with Crippen LogP contribution in [0, 0.1) is 5.92 Å². The number of hydrogen-bond acceptors (Lipinski definition) is 9. The summed E-state index contributed by atoms with van der Waals surface area (Å²) in [6, 6.07) is 8.18. The second kappa shape index (κ2) is 12.0. The van der Waals surface area contributed by atoms with Crippen LogP contribution in [0.4, 0.5) is 5.13 Å². The van der Waals surface area contributed by atoms with E-state index >= 15 is 0 Å². The number of rotatable bonds is 6. The molecule has 11 nitrogen and oxygen atoms in total. The largest absolute Gasteiger partial charge is 0.391 e. The Morgan fingerprint density at radius 2 is 1.91 bits per heavy atom. The van der Waals surface area contributed by atoms with Gasteiger partial charge in [0.1, 0.15) is 17.6 Å². The van der Waals surface area contributed by atoms with Gasteiger partial charge in [0.15, 0.2) is 5.13 Å². The second-order valence-corrected chi connectivity index (χ2v) is 15.0. The number of fused-ring (bicyclic) bond motifs is 2. The number of amides is 3. The van der Waals surface area contributed by atoms with E-state index in [9.17, 15) is 27.9 Å². The van der Waals surface area contributed by atoms with Gasteiger partial charge in [0, 0.05) is 25.1 Å². The molecule has 3 heterocycles. The molecule has 3 amide bonds. The molecule has 4 N–H and O–H groups in total. The van der Waals surface area contributed by atoms with Gasteiger partial charge in [-0.25, -0.2) is 13.4 Å². The van der Waals surface area contributed by atoms with Gasteiger partial charge in [-0.1, -0.05) is 66.7 Å². The Morgan fingerprint density at radius 3 is 2.67 bits per heavy atom. The highest BCUT2D eigenvalue weighted by atomic mass is 32.2. The minimum Gasteiger partial charge on any atom is -0.391 e. The summed E-state index contributed by atoms with van der Waals surface area (Å²) in [6.45, 7) is -0.0131. The number of benzene rings is 1. The lowest BCUT2D eigenvalue weighted by atomic mass is 10.1. The molecule has 0 unspecified atom stereocenters. The molecule has 2 aromatic rings. The minimum atomic E-state index is -3.81. The van der Waals surface area contributed by atoms with Crippen LogP contribution < -0.4 is 15.4 Å². The normalized spacial score (nSPS) is 29.9. The van der Waals surface area contributed by atoms with Gasteiger partial charge in [0.05, 0.1) is 16.2 Å². The van der Waals surface area contributed by atoms with E-state index in [4.69, 9.17) is 0 Å². The van der Waals surface area contributed by atoms with Crippen molar-refractivity contribution < 1.29 is 27.9 Å². The molecule has 5 atom stereocenters. The molecule has 0 radical (unpaired) electrons. The SMILES string of the molecule is O=C1N[C@]2(C(=O)NS(=O)(=O)C3CC3)C[C@H]2C=CCCCCC[C@H](Nc2ncc(-c3ccccc3)s2)C(=O)N2C[C@H](O)C[C@@H]12. The van der Waals surface area contributed by atoms with Gasteiger partial charge in [0.2, 0.25) is 21.8 Å². The van der Waals surface area contributed by atoms with Crippen molar-refractivity contribution in [3.8, 4) is 10.4 Å². The summed E-state index contributed by atoms with van der Waals surface area (Å²) in [6.07, 6.45) is 9.85. The molecular formula is C30H37N5O6S2. The van der Waals surface area contributed by atoms with Crippen molar-refractivity contribution >= 4 is 44.2 Å². The Balaban J connectivity index is 1.23. The van der Waals surface area contributed by atoms with Gasteiger partial charge in [-0.3, -0.25) is 19.1 Å². The Bertz CT molecular complexity index is 1510. The van der Waals surface area contributed by atoms with Gasteiger partial charge in [0.25, 0.3) is 5.91 Å². The summed E-state index contributed by atoms with van der Waals surface area (Å²) in [7, 11) is -3.81. The molecule has 6 rings (SSSR count). The molecule has 2 aliphatic heterocycles. The van der Waals surface area contributed by atoms with E-state index in [1.807, 2.05) is 42.5 Å².